The van der Waals surface area contributed by atoms with Gasteiger partial charge in [0.05, 0.1) is 4.90 Å². The number of aromatic nitrogens is 1. The predicted octanol–water partition coefficient (Wildman–Crippen LogP) is 2.30. The molecule has 1 heterocycles. The molecule has 1 aromatic carbocycles. The first-order chi connectivity index (χ1) is 9.42. The first-order valence-corrected chi connectivity index (χ1v) is 7.73. The zero-order valence-corrected chi connectivity index (χ0v) is 12.4. The van der Waals surface area contributed by atoms with E-state index in [9.17, 15) is 8.42 Å². The third kappa shape index (κ3) is 3.27. The number of anilines is 1. The Morgan fingerprint density at radius 2 is 2.05 bits per heavy atom. The van der Waals surface area contributed by atoms with Crippen molar-refractivity contribution in [1.82, 2.24) is 4.98 Å². The highest BCUT2D eigenvalue weighted by Gasteiger charge is 2.16. The molecule has 5 nitrogen and oxygen atoms in total. The van der Waals surface area contributed by atoms with Crippen molar-refractivity contribution in [3.63, 3.8) is 0 Å². The van der Waals surface area contributed by atoms with Gasteiger partial charge in [-0.15, -0.1) is 0 Å². The first-order valence-electron chi connectivity index (χ1n) is 5.87. The Morgan fingerprint density at radius 1 is 1.30 bits per heavy atom. The molecular weight excluding hydrogens is 298 g/mol. The minimum atomic E-state index is -3.71. The number of hydrogen-bond acceptors (Lipinski definition) is 4. The molecule has 0 aliphatic rings. The van der Waals surface area contributed by atoms with Crippen molar-refractivity contribution in [2.75, 3.05) is 4.72 Å². The zero-order valence-electron chi connectivity index (χ0n) is 10.8. The lowest BCUT2D eigenvalue weighted by Crippen LogP contribution is -2.14. The van der Waals surface area contributed by atoms with Crippen LogP contribution in [-0.2, 0) is 16.6 Å². The van der Waals surface area contributed by atoms with E-state index in [4.69, 9.17) is 17.3 Å². The highest BCUT2D eigenvalue weighted by molar-refractivity contribution is 7.92. The number of pyridine rings is 1. The molecule has 0 aliphatic carbocycles. The molecule has 0 fully saturated rings. The Kier molecular flexibility index (Phi) is 4.27. The fraction of sp³-hybridized carbons (Fsp3) is 0.154. The van der Waals surface area contributed by atoms with E-state index in [1.807, 2.05) is 0 Å². The second-order valence-corrected chi connectivity index (χ2v) is 6.32. The summed E-state index contributed by atoms with van der Waals surface area (Å²) >= 11 is 5.92. The lowest BCUT2D eigenvalue weighted by Gasteiger charge is -2.09. The highest BCUT2D eigenvalue weighted by atomic mass is 35.5. The summed E-state index contributed by atoms with van der Waals surface area (Å²) in [4.78, 5) is 4.21. The second kappa shape index (κ2) is 5.78. The lowest BCUT2D eigenvalue weighted by molar-refractivity contribution is 0.601. The summed E-state index contributed by atoms with van der Waals surface area (Å²) in [7, 11) is -3.71. The summed E-state index contributed by atoms with van der Waals surface area (Å²) < 4.78 is 26.9. The monoisotopic (exact) mass is 311 g/mol. The third-order valence-corrected chi connectivity index (χ3v) is 4.40. The van der Waals surface area contributed by atoms with E-state index >= 15 is 0 Å². The van der Waals surface area contributed by atoms with Crippen LogP contribution in [0.4, 0.5) is 5.82 Å². The Balaban J connectivity index is 2.35. The van der Waals surface area contributed by atoms with Gasteiger partial charge in [0.25, 0.3) is 10.0 Å². The van der Waals surface area contributed by atoms with Crippen molar-refractivity contribution in [1.29, 1.82) is 0 Å². The van der Waals surface area contributed by atoms with Gasteiger partial charge in [0.15, 0.2) is 0 Å². The van der Waals surface area contributed by atoms with Gasteiger partial charge in [0.2, 0.25) is 0 Å². The van der Waals surface area contributed by atoms with Gasteiger partial charge in [-0.3, -0.25) is 4.72 Å². The SMILES string of the molecule is Cc1cccc(NS(=O)(=O)c2ccc(Cl)c(CN)c2)n1. The van der Waals surface area contributed by atoms with E-state index in [2.05, 4.69) is 9.71 Å². The van der Waals surface area contributed by atoms with Crippen molar-refractivity contribution in [3.8, 4) is 0 Å². The van der Waals surface area contributed by atoms with Gasteiger partial charge in [-0.05, 0) is 42.8 Å². The molecule has 3 N–H and O–H groups in total. The van der Waals surface area contributed by atoms with Crippen LogP contribution in [0.5, 0.6) is 0 Å². The molecule has 20 heavy (non-hydrogen) atoms. The van der Waals surface area contributed by atoms with Crippen LogP contribution >= 0.6 is 11.6 Å². The average Bonchev–Trinajstić information content (AvgIpc) is 2.38. The van der Waals surface area contributed by atoms with Crippen molar-refractivity contribution < 1.29 is 8.42 Å². The van der Waals surface area contributed by atoms with Crippen LogP contribution in [0, 0.1) is 6.92 Å². The maximum Gasteiger partial charge on any atom is 0.263 e. The summed E-state index contributed by atoms with van der Waals surface area (Å²) in [6.45, 7) is 1.96. The maximum absolute atomic E-state index is 12.3. The zero-order chi connectivity index (χ0) is 14.8. The molecule has 0 atom stereocenters. The van der Waals surface area contributed by atoms with E-state index in [0.29, 0.717) is 10.6 Å². The Labute approximate surface area is 122 Å². The second-order valence-electron chi connectivity index (χ2n) is 4.23. The number of rotatable bonds is 4. The van der Waals surface area contributed by atoms with Gasteiger partial charge < -0.3 is 5.73 Å². The molecule has 106 valence electrons. The van der Waals surface area contributed by atoms with E-state index < -0.39 is 10.0 Å². The summed E-state index contributed by atoms with van der Waals surface area (Å²) in [5.41, 5.74) is 6.82. The maximum atomic E-state index is 12.3. The largest absolute Gasteiger partial charge is 0.326 e. The highest BCUT2D eigenvalue weighted by Crippen LogP contribution is 2.21. The molecule has 7 heteroatoms. The van der Waals surface area contributed by atoms with Gasteiger partial charge in [-0.25, -0.2) is 13.4 Å². The van der Waals surface area contributed by atoms with Crippen LogP contribution in [0.2, 0.25) is 5.02 Å². The quantitative estimate of drug-likeness (QED) is 0.907. The van der Waals surface area contributed by atoms with E-state index in [1.165, 1.54) is 18.2 Å². The van der Waals surface area contributed by atoms with Crippen LogP contribution in [0.3, 0.4) is 0 Å². The number of nitrogens with zero attached hydrogens (tertiary/aromatic N) is 1. The molecule has 0 bridgehead atoms. The molecule has 0 saturated heterocycles. The van der Waals surface area contributed by atoms with Crippen LogP contribution < -0.4 is 10.5 Å². The van der Waals surface area contributed by atoms with Crippen LogP contribution in [-0.4, -0.2) is 13.4 Å². The minimum Gasteiger partial charge on any atom is -0.326 e. The summed E-state index contributed by atoms with van der Waals surface area (Å²) in [6.07, 6.45) is 0. The van der Waals surface area contributed by atoms with Crippen molar-refractivity contribution in [2.45, 2.75) is 18.4 Å². The molecular formula is C13H14ClN3O2S. The van der Waals surface area contributed by atoms with Crippen molar-refractivity contribution in [2.24, 2.45) is 5.73 Å². The molecule has 0 saturated carbocycles. The first kappa shape index (κ1) is 14.8. The van der Waals surface area contributed by atoms with Crippen molar-refractivity contribution >= 4 is 27.4 Å². The number of benzene rings is 1. The molecule has 0 aliphatic heterocycles. The van der Waals surface area contributed by atoms with Gasteiger partial charge in [-0.2, -0.15) is 0 Å². The van der Waals surface area contributed by atoms with E-state index in [0.717, 1.165) is 5.69 Å². The normalized spacial score (nSPS) is 11.3. The molecule has 2 aromatic rings. The number of hydrogen-bond donors (Lipinski definition) is 2. The lowest BCUT2D eigenvalue weighted by atomic mass is 10.2. The predicted molar refractivity (Wildman–Crippen MR) is 79.1 cm³/mol. The fourth-order valence-corrected chi connectivity index (χ4v) is 2.92. The van der Waals surface area contributed by atoms with Gasteiger partial charge in [0, 0.05) is 17.3 Å². The summed E-state index contributed by atoms with van der Waals surface area (Å²) in [6, 6.07) is 9.51. The summed E-state index contributed by atoms with van der Waals surface area (Å²) in [5.74, 6) is 0.272. The number of aryl methyl sites for hydroxylation is 1. The fourth-order valence-electron chi connectivity index (χ4n) is 1.67. The minimum absolute atomic E-state index is 0.102. The van der Waals surface area contributed by atoms with Gasteiger partial charge >= 0.3 is 0 Å². The van der Waals surface area contributed by atoms with Crippen LogP contribution in [0.1, 0.15) is 11.3 Å². The number of halogens is 1. The molecule has 0 unspecified atom stereocenters. The molecule has 2 rings (SSSR count). The van der Waals surface area contributed by atoms with E-state index in [-0.39, 0.29) is 17.3 Å². The third-order valence-electron chi connectivity index (χ3n) is 2.67. The molecule has 0 amide bonds. The molecule has 0 spiro atoms. The Morgan fingerprint density at radius 3 is 2.70 bits per heavy atom. The number of nitrogens with one attached hydrogen (secondary N) is 1. The smallest absolute Gasteiger partial charge is 0.263 e. The van der Waals surface area contributed by atoms with Crippen molar-refractivity contribution in [3.05, 3.63) is 52.7 Å². The Hall–Kier alpha value is -1.63. The average molecular weight is 312 g/mol. The van der Waals surface area contributed by atoms with Crippen LogP contribution in [0.15, 0.2) is 41.3 Å². The standard InChI is InChI=1S/C13H14ClN3O2S/c1-9-3-2-4-13(16-9)17-20(18,19)11-5-6-12(14)10(7-11)8-15/h2-7H,8,15H2,1H3,(H,16,17). The molecule has 1 aromatic heterocycles. The summed E-state index contributed by atoms with van der Waals surface area (Å²) in [5, 5.41) is 0.445. The molecule has 0 radical (unpaired) electrons. The van der Waals surface area contributed by atoms with Crippen LogP contribution in [0.25, 0.3) is 0 Å². The van der Waals surface area contributed by atoms with Gasteiger partial charge in [-0.1, -0.05) is 17.7 Å². The number of sulfonamides is 1. The van der Waals surface area contributed by atoms with E-state index in [1.54, 1.807) is 25.1 Å². The van der Waals surface area contributed by atoms with Gasteiger partial charge in [0.1, 0.15) is 5.82 Å². The topological polar surface area (TPSA) is 85.1 Å². The number of nitrogens with two attached hydrogens (primary N) is 1. The Bertz CT molecular complexity index is 732.